The van der Waals surface area contributed by atoms with Gasteiger partial charge in [-0.25, -0.2) is 0 Å². The average molecular weight is 290 g/mol. The molecule has 0 saturated heterocycles. The molecule has 0 bridgehead atoms. The van der Waals surface area contributed by atoms with Gasteiger partial charge >= 0.3 is 0 Å². The molecule has 1 aliphatic heterocycles. The minimum absolute atomic E-state index is 0.132. The molecule has 2 aromatic carbocycles. The van der Waals surface area contributed by atoms with Crippen LogP contribution >= 0.6 is 11.6 Å². The lowest BCUT2D eigenvalue weighted by molar-refractivity contribution is 0.169. The smallest absolute Gasteiger partial charge is 0.166 e. The Kier molecular flexibility index (Phi) is 3.81. The Balaban J connectivity index is 1.83. The molecule has 1 atom stereocenters. The number of ether oxygens (including phenoxy) is 2. The zero-order chi connectivity index (χ0) is 13.9. The number of benzene rings is 2. The highest BCUT2D eigenvalue weighted by Gasteiger charge is 2.19. The molecule has 0 radical (unpaired) electrons. The minimum atomic E-state index is -0.132. The molecule has 1 aliphatic rings. The second kappa shape index (κ2) is 5.73. The third-order valence-corrected chi connectivity index (χ3v) is 3.62. The van der Waals surface area contributed by atoms with Crippen molar-refractivity contribution in [2.45, 2.75) is 12.5 Å². The van der Waals surface area contributed by atoms with E-state index in [-0.39, 0.29) is 6.04 Å². The second-order valence-electron chi connectivity index (χ2n) is 4.81. The molecule has 2 aromatic rings. The molecule has 1 heterocycles. The number of hydrogen-bond acceptors (Lipinski definition) is 3. The third-order valence-electron chi connectivity index (χ3n) is 3.37. The molecular weight excluding hydrogens is 274 g/mol. The molecule has 0 aliphatic carbocycles. The quantitative estimate of drug-likeness (QED) is 0.942. The molecule has 104 valence electrons. The van der Waals surface area contributed by atoms with Gasteiger partial charge in [-0.1, -0.05) is 35.9 Å². The van der Waals surface area contributed by atoms with E-state index in [2.05, 4.69) is 0 Å². The van der Waals surface area contributed by atoms with Crippen molar-refractivity contribution < 1.29 is 9.47 Å². The molecule has 3 rings (SSSR count). The highest BCUT2D eigenvalue weighted by Crippen LogP contribution is 2.37. The Bertz CT molecular complexity index is 598. The zero-order valence-electron chi connectivity index (χ0n) is 11.0. The highest BCUT2D eigenvalue weighted by atomic mass is 35.5. The summed E-state index contributed by atoms with van der Waals surface area (Å²) in [7, 11) is 0. The molecule has 0 fully saturated rings. The summed E-state index contributed by atoms with van der Waals surface area (Å²) in [5.74, 6) is 1.56. The number of rotatable bonds is 3. The summed E-state index contributed by atoms with van der Waals surface area (Å²) in [5.41, 5.74) is 8.45. The summed E-state index contributed by atoms with van der Waals surface area (Å²) in [6.45, 7) is 1.15. The van der Waals surface area contributed by atoms with Gasteiger partial charge in [0.25, 0.3) is 0 Å². The summed E-state index contributed by atoms with van der Waals surface area (Å²) < 4.78 is 11.3. The standard InChI is InChI=1S/C16H16ClNO2/c17-12-6-4-11(5-7-12)10-14(18)13-2-1-3-15-16(13)20-9-8-19-15/h1-7,14H,8-10,18H2. The van der Waals surface area contributed by atoms with Crippen LogP contribution in [0.3, 0.4) is 0 Å². The fourth-order valence-corrected chi connectivity index (χ4v) is 2.50. The maximum atomic E-state index is 6.32. The SMILES string of the molecule is NC(Cc1ccc(Cl)cc1)c1cccc2c1OCCO2. The van der Waals surface area contributed by atoms with Crippen LogP contribution in [0.15, 0.2) is 42.5 Å². The monoisotopic (exact) mass is 289 g/mol. The Hall–Kier alpha value is -1.71. The van der Waals surface area contributed by atoms with E-state index in [0.29, 0.717) is 13.2 Å². The molecule has 4 heteroatoms. The largest absolute Gasteiger partial charge is 0.486 e. The van der Waals surface area contributed by atoms with Crippen LogP contribution < -0.4 is 15.2 Å². The first-order chi connectivity index (χ1) is 9.74. The van der Waals surface area contributed by atoms with Crippen LogP contribution in [0.25, 0.3) is 0 Å². The van der Waals surface area contributed by atoms with Crippen molar-refractivity contribution in [1.29, 1.82) is 0 Å². The highest BCUT2D eigenvalue weighted by molar-refractivity contribution is 6.30. The van der Waals surface area contributed by atoms with Crippen LogP contribution in [0.2, 0.25) is 5.02 Å². The maximum absolute atomic E-state index is 6.32. The second-order valence-corrected chi connectivity index (χ2v) is 5.24. The van der Waals surface area contributed by atoms with Crippen LogP contribution in [-0.4, -0.2) is 13.2 Å². The minimum Gasteiger partial charge on any atom is -0.486 e. The maximum Gasteiger partial charge on any atom is 0.166 e. The lowest BCUT2D eigenvalue weighted by Gasteiger charge is -2.23. The molecule has 0 spiro atoms. The van der Waals surface area contributed by atoms with E-state index in [9.17, 15) is 0 Å². The third kappa shape index (κ3) is 2.74. The van der Waals surface area contributed by atoms with Gasteiger partial charge in [0.15, 0.2) is 11.5 Å². The van der Waals surface area contributed by atoms with E-state index in [1.165, 1.54) is 0 Å². The summed E-state index contributed by atoms with van der Waals surface area (Å²) in [4.78, 5) is 0. The van der Waals surface area contributed by atoms with Crippen molar-refractivity contribution >= 4 is 11.6 Å². The van der Waals surface area contributed by atoms with Gasteiger partial charge in [0, 0.05) is 16.6 Å². The van der Waals surface area contributed by atoms with Gasteiger partial charge in [-0.15, -0.1) is 0 Å². The number of hydrogen-bond donors (Lipinski definition) is 1. The summed E-state index contributed by atoms with van der Waals surface area (Å²) in [6, 6.07) is 13.5. The predicted molar refractivity (Wildman–Crippen MR) is 79.5 cm³/mol. The molecule has 3 nitrogen and oxygen atoms in total. The van der Waals surface area contributed by atoms with Crippen molar-refractivity contribution in [1.82, 2.24) is 0 Å². The lowest BCUT2D eigenvalue weighted by atomic mass is 9.98. The molecule has 0 aromatic heterocycles. The Morgan fingerprint density at radius 1 is 1.05 bits per heavy atom. The Morgan fingerprint density at radius 3 is 2.60 bits per heavy atom. The Labute approximate surface area is 123 Å². The van der Waals surface area contributed by atoms with E-state index in [1.807, 2.05) is 42.5 Å². The van der Waals surface area contributed by atoms with Gasteiger partial charge < -0.3 is 15.2 Å². The van der Waals surface area contributed by atoms with Crippen molar-refractivity contribution in [2.75, 3.05) is 13.2 Å². The van der Waals surface area contributed by atoms with Crippen molar-refractivity contribution in [3.05, 3.63) is 58.6 Å². The van der Waals surface area contributed by atoms with E-state index in [0.717, 1.165) is 34.1 Å². The van der Waals surface area contributed by atoms with Crippen molar-refractivity contribution in [2.24, 2.45) is 5.73 Å². The van der Waals surface area contributed by atoms with Crippen molar-refractivity contribution in [3.8, 4) is 11.5 Å². The molecule has 20 heavy (non-hydrogen) atoms. The molecule has 2 N–H and O–H groups in total. The number of nitrogens with two attached hydrogens (primary N) is 1. The average Bonchev–Trinajstić information content (AvgIpc) is 2.49. The lowest BCUT2D eigenvalue weighted by Crippen LogP contribution is -2.20. The zero-order valence-corrected chi connectivity index (χ0v) is 11.8. The van der Waals surface area contributed by atoms with E-state index in [1.54, 1.807) is 0 Å². The van der Waals surface area contributed by atoms with E-state index < -0.39 is 0 Å². The van der Waals surface area contributed by atoms with Crippen LogP contribution in [0, 0.1) is 0 Å². The molecule has 0 amide bonds. The first-order valence-corrected chi connectivity index (χ1v) is 7.00. The molecule has 0 saturated carbocycles. The fraction of sp³-hybridized carbons (Fsp3) is 0.250. The number of para-hydroxylation sites is 1. The predicted octanol–water partition coefficient (Wildman–Crippen LogP) is 3.35. The van der Waals surface area contributed by atoms with Crippen LogP contribution in [-0.2, 0) is 6.42 Å². The summed E-state index contributed by atoms with van der Waals surface area (Å²) in [5, 5.41) is 0.733. The summed E-state index contributed by atoms with van der Waals surface area (Å²) in [6.07, 6.45) is 0.733. The fourth-order valence-electron chi connectivity index (χ4n) is 2.37. The van der Waals surface area contributed by atoms with Crippen LogP contribution in [0.5, 0.6) is 11.5 Å². The van der Waals surface area contributed by atoms with Crippen LogP contribution in [0.1, 0.15) is 17.2 Å². The van der Waals surface area contributed by atoms with Gasteiger partial charge in [-0.05, 0) is 30.2 Å². The number of halogens is 1. The van der Waals surface area contributed by atoms with Gasteiger partial charge in [0.05, 0.1) is 0 Å². The Morgan fingerprint density at radius 2 is 1.80 bits per heavy atom. The van der Waals surface area contributed by atoms with Gasteiger partial charge in [0.2, 0.25) is 0 Å². The van der Waals surface area contributed by atoms with Crippen molar-refractivity contribution in [3.63, 3.8) is 0 Å². The topological polar surface area (TPSA) is 44.5 Å². The number of fused-ring (bicyclic) bond motifs is 1. The van der Waals surface area contributed by atoms with Gasteiger partial charge in [-0.2, -0.15) is 0 Å². The van der Waals surface area contributed by atoms with E-state index in [4.69, 9.17) is 26.8 Å². The normalized spacial score (nSPS) is 14.9. The summed E-state index contributed by atoms with van der Waals surface area (Å²) >= 11 is 5.89. The van der Waals surface area contributed by atoms with E-state index >= 15 is 0 Å². The van der Waals surface area contributed by atoms with Gasteiger partial charge in [0.1, 0.15) is 13.2 Å². The van der Waals surface area contributed by atoms with Crippen LogP contribution in [0.4, 0.5) is 0 Å². The first kappa shape index (κ1) is 13.3. The molecule has 1 unspecified atom stereocenters. The first-order valence-electron chi connectivity index (χ1n) is 6.62. The van der Waals surface area contributed by atoms with Gasteiger partial charge in [-0.3, -0.25) is 0 Å². The molecular formula is C16H16ClNO2.